The molecule has 4 heteroatoms. The van der Waals surface area contributed by atoms with E-state index in [-0.39, 0.29) is 6.04 Å². The lowest BCUT2D eigenvalue weighted by atomic mass is 10.3. The predicted molar refractivity (Wildman–Crippen MR) is 45.0 cm³/mol. The summed E-state index contributed by atoms with van der Waals surface area (Å²) in [5, 5.41) is 6.83. The molecule has 0 bridgehead atoms. The molecular formula is C7H9N3S. The van der Waals surface area contributed by atoms with Crippen LogP contribution in [-0.2, 0) is 6.54 Å². The fourth-order valence-corrected chi connectivity index (χ4v) is 1.02. The molecule has 58 valence electrons. The molecule has 0 saturated heterocycles. The van der Waals surface area contributed by atoms with Crippen molar-refractivity contribution in [2.24, 2.45) is 0 Å². The smallest absolute Gasteiger partial charge is 0.0666 e. The lowest BCUT2D eigenvalue weighted by Crippen LogP contribution is -2.22. The number of nitrogens with one attached hydrogen (secondary N) is 1. The molecule has 11 heavy (non-hydrogen) atoms. The zero-order chi connectivity index (χ0) is 8.10. The van der Waals surface area contributed by atoms with Crippen molar-refractivity contribution >= 4 is 11.5 Å². The van der Waals surface area contributed by atoms with Gasteiger partial charge in [0.15, 0.2) is 0 Å². The van der Waals surface area contributed by atoms with Gasteiger partial charge in [-0.15, -0.1) is 11.5 Å². The van der Waals surface area contributed by atoms with Gasteiger partial charge < -0.3 is 0 Å². The minimum absolute atomic E-state index is 0.108. The van der Waals surface area contributed by atoms with Crippen LogP contribution in [0.5, 0.6) is 0 Å². The molecular weight excluding hydrogens is 158 g/mol. The molecule has 1 N–H and O–H groups in total. The number of rotatable bonds is 3. The van der Waals surface area contributed by atoms with E-state index in [0.29, 0.717) is 0 Å². The molecule has 1 aromatic heterocycles. The van der Waals surface area contributed by atoms with Crippen molar-refractivity contribution in [3.8, 4) is 12.3 Å². The van der Waals surface area contributed by atoms with Gasteiger partial charge in [0.1, 0.15) is 0 Å². The van der Waals surface area contributed by atoms with E-state index in [1.807, 2.05) is 6.92 Å². The molecule has 1 heterocycles. The SMILES string of the molecule is C#CC(C)NCc1cnns1. The molecule has 0 aromatic carbocycles. The molecule has 0 radical (unpaired) electrons. The number of nitrogens with zero attached hydrogens (tertiary/aromatic N) is 2. The van der Waals surface area contributed by atoms with Gasteiger partial charge in [0.05, 0.1) is 17.1 Å². The van der Waals surface area contributed by atoms with E-state index < -0.39 is 0 Å². The van der Waals surface area contributed by atoms with Gasteiger partial charge >= 0.3 is 0 Å². The van der Waals surface area contributed by atoms with Gasteiger partial charge in [0.25, 0.3) is 0 Å². The van der Waals surface area contributed by atoms with Gasteiger partial charge in [0.2, 0.25) is 0 Å². The average molecular weight is 167 g/mol. The summed E-state index contributed by atoms with van der Waals surface area (Å²) in [7, 11) is 0. The monoisotopic (exact) mass is 167 g/mol. The molecule has 0 aliphatic rings. The Labute approximate surface area is 70.0 Å². The normalized spacial score (nSPS) is 12.4. The van der Waals surface area contributed by atoms with Crippen LogP contribution >= 0.6 is 11.5 Å². The van der Waals surface area contributed by atoms with Crippen molar-refractivity contribution in [1.82, 2.24) is 14.9 Å². The maximum absolute atomic E-state index is 5.17. The molecule has 3 nitrogen and oxygen atoms in total. The van der Waals surface area contributed by atoms with Crippen LogP contribution in [0.3, 0.4) is 0 Å². The Balaban J connectivity index is 2.30. The van der Waals surface area contributed by atoms with Crippen LogP contribution < -0.4 is 5.32 Å². The number of terminal acetylenes is 1. The highest BCUT2D eigenvalue weighted by molar-refractivity contribution is 7.05. The lowest BCUT2D eigenvalue weighted by molar-refractivity contribution is 0.653. The number of hydrogen-bond acceptors (Lipinski definition) is 4. The Kier molecular flexibility index (Phi) is 3.02. The van der Waals surface area contributed by atoms with Crippen LogP contribution in [-0.4, -0.2) is 15.6 Å². The minimum Gasteiger partial charge on any atom is -0.299 e. The Bertz CT molecular complexity index is 237. The van der Waals surface area contributed by atoms with Gasteiger partial charge in [-0.05, 0) is 18.5 Å². The zero-order valence-electron chi connectivity index (χ0n) is 6.24. The summed E-state index contributed by atoms with van der Waals surface area (Å²) < 4.78 is 3.73. The van der Waals surface area contributed by atoms with Crippen LogP contribution in [0.25, 0.3) is 0 Å². The van der Waals surface area contributed by atoms with E-state index in [2.05, 4.69) is 20.8 Å². The van der Waals surface area contributed by atoms with Gasteiger partial charge in [-0.1, -0.05) is 10.4 Å². The molecule has 0 amide bonds. The summed E-state index contributed by atoms with van der Waals surface area (Å²) in [4.78, 5) is 1.10. The molecule has 1 atom stereocenters. The van der Waals surface area contributed by atoms with E-state index in [1.165, 1.54) is 11.5 Å². The molecule has 0 saturated carbocycles. The highest BCUT2D eigenvalue weighted by Gasteiger charge is 1.97. The van der Waals surface area contributed by atoms with Crippen molar-refractivity contribution in [3.05, 3.63) is 11.1 Å². The molecule has 1 unspecified atom stereocenters. The molecule has 0 spiro atoms. The number of aromatic nitrogens is 2. The van der Waals surface area contributed by atoms with Crippen LogP contribution in [0.1, 0.15) is 11.8 Å². The molecule has 1 rings (SSSR count). The van der Waals surface area contributed by atoms with Crippen molar-refractivity contribution in [1.29, 1.82) is 0 Å². The maximum atomic E-state index is 5.17. The Morgan fingerprint density at radius 1 is 1.91 bits per heavy atom. The van der Waals surface area contributed by atoms with Crippen molar-refractivity contribution in [2.45, 2.75) is 19.5 Å². The first-order valence-corrected chi connectivity index (χ1v) is 4.06. The van der Waals surface area contributed by atoms with Gasteiger partial charge in [0, 0.05) is 6.54 Å². The average Bonchev–Trinajstić information content (AvgIpc) is 2.52. The third-order valence-corrected chi connectivity index (χ3v) is 1.90. The lowest BCUT2D eigenvalue weighted by Gasteiger charge is -2.03. The van der Waals surface area contributed by atoms with Crippen molar-refractivity contribution in [3.63, 3.8) is 0 Å². The molecule has 0 fully saturated rings. The third-order valence-electron chi connectivity index (χ3n) is 1.24. The van der Waals surface area contributed by atoms with Crippen molar-refractivity contribution < 1.29 is 0 Å². The Hall–Kier alpha value is -0.920. The summed E-state index contributed by atoms with van der Waals surface area (Å²) in [5.74, 6) is 2.58. The van der Waals surface area contributed by atoms with E-state index in [1.54, 1.807) is 6.20 Å². The largest absolute Gasteiger partial charge is 0.299 e. The summed E-state index contributed by atoms with van der Waals surface area (Å²) >= 11 is 1.38. The Morgan fingerprint density at radius 2 is 2.73 bits per heavy atom. The van der Waals surface area contributed by atoms with Gasteiger partial charge in [-0.2, -0.15) is 0 Å². The highest BCUT2D eigenvalue weighted by Crippen LogP contribution is 2.00. The zero-order valence-corrected chi connectivity index (χ0v) is 7.06. The highest BCUT2D eigenvalue weighted by atomic mass is 32.1. The topological polar surface area (TPSA) is 37.8 Å². The van der Waals surface area contributed by atoms with Crippen LogP contribution in [0, 0.1) is 12.3 Å². The standard InChI is InChI=1S/C7H9N3S/c1-3-6(2)8-4-7-5-9-10-11-7/h1,5-6,8H,4H2,2H3. The second-order valence-corrected chi connectivity index (χ2v) is 3.02. The molecule has 0 aliphatic heterocycles. The Morgan fingerprint density at radius 3 is 3.27 bits per heavy atom. The van der Waals surface area contributed by atoms with Crippen LogP contribution in [0.4, 0.5) is 0 Å². The first-order valence-electron chi connectivity index (χ1n) is 3.28. The number of hydrogen-bond donors (Lipinski definition) is 1. The fourth-order valence-electron chi connectivity index (χ4n) is 0.578. The van der Waals surface area contributed by atoms with Gasteiger partial charge in [-0.3, -0.25) is 5.32 Å². The summed E-state index contributed by atoms with van der Waals surface area (Å²) in [6.45, 7) is 2.69. The van der Waals surface area contributed by atoms with Crippen LogP contribution in [0.15, 0.2) is 6.20 Å². The van der Waals surface area contributed by atoms with E-state index >= 15 is 0 Å². The first-order chi connectivity index (χ1) is 5.33. The fraction of sp³-hybridized carbons (Fsp3) is 0.429. The predicted octanol–water partition coefficient (Wildman–Crippen LogP) is 0.649. The quantitative estimate of drug-likeness (QED) is 0.672. The minimum atomic E-state index is 0.108. The van der Waals surface area contributed by atoms with Crippen molar-refractivity contribution in [2.75, 3.05) is 0 Å². The van der Waals surface area contributed by atoms with E-state index in [0.717, 1.165) is 11.4 Å². The second kappa shape index (κ2) is 4.06. The molecule has 0 aliphatic carbocycles. The molecule has 1 aromatic rings. The van der Waals surface area contributed by atoms with E-state index in [9.17, 15) is 0 Å². The second-order valence-electron chi connectivity index (χ2n) is 2.15. The van der Waals surface area contributed by atoms with Crippen LogP contribution in [0.2, 0.25) is 0 Å². The summed E-state index contributed by atoms with van der Waals surface area (Å²) in [6.07, 6.45) is 6.91. The third kappa shape index (κ3) is 2.66. The summed E-state index contributed by atoms with van der Waals surface area (Å²) in [5.41, 5.74) is 0. The van der Waals surface area contributed by atoms with E-state index in [4.69, 9.17) is 6.42 Å². The maximum Gasteiger partial charge on any atom is 0.0666 e. The first kappa shape index (κ1) is 8.18. The summed E-state index contributed by atoms with van der Waals surface area (Å²) in [6, 6.07) is 0.108. The van der Waals surface area contributed by atoms with Gasteiger partial charge in [-0.25, -0.2) is 0 Å².